The molecule has 0 unspecified atom stereocenters. The topological polar surface area (TPSA) is 64.7 Å². The van der Waals surface area contributed by atoms with Crippen molar-refractivity contribution < 1.29 is 14.0 Å². The van der Waals surface area contributed by atoms with Gasteiger partial charge in [-0.25, -0.2) is 9.18 Å². The van der Waals surface area contributed by atoms with E-state index >= 15 is 0 Å². The number of nitrogens with one attached hydrogen (secondary N) is 2. The van der Waals surface area contributed by atoms with Crippen LogP contribution in [0, 0.1) is 5.82 Å². The maximum atomic E-state index is 13.3. The fraction of sp³-hybridized carbons (Fsp3) is 0.529. The molecule has 0 spiro atoms. The van der Waals surface area contributed by atoms with E-state index < -0.39 is 0 Å². The van der Waals surface area contributed by atoms with Gasteiger partial charge in [0.1, 0.15) is 5.82 Å². The molecular weight excluding hydrogens is 311 g/mol. The van der Waals surface area contributed by atoms with Gasteiger partial charge >= 0.3 is 6.03 Å². The van der Waals surface area contributed by atoms with Gasteiger partial charge in [-0.15, -0.1) is 0 Å². The Morgan fingerprint density at radius 1 is 1.38 bits per heavy atom. The van der Waals surface area contributed by atoms with E-state index in [2.05, 4.69) is 29.4 Å². The van der Waals surface area contributed by atoms with Gasteiger partial charge in [0, 0.05) is 31.7 Å². The molecule has 0 aliphatic carbocycles. The van der Waals surface area contributed by atoms with Crippen LogP contribution in [-0.2, 0) is 4.79 Å². The molecule has 3 amide bonds. The molecule has 24 heavy (non-hydrogen) atoms. The molecule has 0 bridgehead atoms. The SMILES string of the molecule is CCN(CC)CCNC(=O)N[C@H]1CC(=O)N(c2cccc(F)c2)C1. The average molecular weight is 336 g/mol. The van der Waals surface area contributed by atoms with Gasteiger partial charge in [0.05, 0.1) is 6.04 Å². The van der Waals surface area contributed by atoms with Crippen LogP contribution in [-0.4, -0.2) is 55.6 Å². The number of likely N-dealkylation sites (N-methyl/N-ethyl adjacent to an activating group) is 1. The minimum Gasteiger partial charge on any atom is -0.337 e. The van der Waals surface area contributed by atoms with Crippen LogP contribution in [0.25, 0.3) is 0 Å². The van der Waals surface area contributed by atoms with Crippen LogP contribution in [0.2, 0.25) is 0 Å². The summed E-state index contributed by atoms with van der Waals surface area (Å²) in [4.78, 5) is 27.7. The molecule has 1 fully saturated rings. The highest BCUT2D eigenvalue weighted by atomic mass is 19.1. The molecule has 1 atom stereocenters. The number of carbonyl (C=O) groups excluding carboxylic acids is 2. The van der Waals surface area contributed by atoms with Gasteiger partial charge in [-0.2, -0.15) is 0 Å². The van der Waals surface area contributed by atoms with E-state index in [1.165, 1.54) is 17.0 Å². The molecule has 0 saturated carbocycles. The number of benzene rings is 1. The van der Waals surface area contributed by atoms with Crippen molar-refractivity contribution in [2.45, 2.75) is 26.3 Å². The summed E-state index contributed by atoms with van der Waals surface area (Å²) >= 11 is 0. The van der Waals surface area contributed by atoms with E-state index in [1.54, 1.807) is 12.1 Å². The van der Waals surface area contributed by atoms with Gasteiger partial charge in [0.15, 0.2) is 0 Å². The number of hydrogen-bond donors (Lipinski definition) is 2. The third-order valence-electron chi connectivity index (χ3n) is 4.19. The van der Waals surface area contributed by atoms with Gasteiger partial charge in [-0.05, 0) is 31.3 Å². The molecule has 1 aliphatic heterocycles. The number of amides is 3. The van der Waals surface area contributed by atoms with Gasteiger partial charge in [-0.1, -0.05) is 19.9 Å². The van der Waals surface area contributed by atoms with Gasteiger partial charge in [0.2, 0.25) is 5.91 Å². The van der Waals surface area contributed by atoms with E-state index in [0.29, 0.717) is 18.8 Å². The molecule has 0 radical (unpaired) electrons. The smallest absolute Gasteiger partial charge is 0.315 e. The van der Waals surface area contributed by atoms with Crippen molar-refractivity contribution in [3.8, 4) is 0 Å². The zero-order valence-electron chi connectivity index (χ0n) is 14.2. The zero-order chi connectivity index (χ0) is 17.5. The van der Waals surface area contributed by atoms with Gasteiger partial charge < -0.3 is 20.4 Å². The van der Waals surface area contributed by atoms with Crippen LogP contribution in [0.1, 0.15) is 20.3 Å². The second-order valence-electron chi connectivity index (χ2n) is 5.81. The third-order valence-corrected chi connectivity index (χ3v) is 4.19. The van der Waals surface area contributed by atoms with Gasteiger partial charge in [0.25, 0.3) is 0 Å². The van der Waals surface area contributed by atoms with Crippen molar-refractivity contribution in [2.24, 2.45) is 0 Å². The Kier molecular flexibility index (Phi) is 6.54. The van der Waals surface area contributed by atoms with Crippen molar-refractivity contribution in [3.63, 3.8) is 0 Å². The number of nitrogens with zero attached hydrogens (tertiary/aromatic N) is 2. The lowest BCUT2D eigenvalue weighted by Gasteiger charge is -2.19. The molecule has 132 valence electrons. The number of urea groups is 1. The Labute approximate surface area is 142 Å². The second-order valence-corrected chi connectivity index (χ2v) is 5.81. The Morgan fingerprint density at radius 3 is 2.79 bits per heavy atom. The highest BCUT2D eigenvalue weighted by molar-refractivity contribution is 5.96. The molecule has 1 heterocycles. The third kappa shape index (κ3) is 4.92. The standard InChI is InChI=1S/C17H25FN4O2/c1-3-21(4-2)9-8-19-17(24)20-14-11-16(23)22(12-14)15-7-5-6-13(18)10-15/h5-7,10,14H,3-4,8-9,11-12H2,1-2H3,(H2,19,20,24)/t14-/m0/s1. The fourth-order valence-corrected chi connectivity index (χ4v) is 2.80. The fourth-order valence-electron chi connectivity index (χ4n) is 2.80. The van der Waals surface area contributed by atoms with E-state index in [-0.39, 0.29) is 30.2 Å². The first-order valence-electron chi connectivity index (χ1n) is 8.36. The summed E-state index contributed by atoms with van der Waals surface area (Å²) in [6, 6.07) is 5.37. The monoisotopic (exact) mass is 336 g/mol. The average Bonchev–Trinajstić information content (AvgIpc) is 2.92. The van der Waals surface area contributed by atoms with Crippen molar-refractivity contribution in [1.82, 2.24) is 15.5 Å². The summed E-state index contributed by atoms with van der Waals surface area (Å²) in [6.07, 6.45) is 0.222. The molecular formula is C17H25FN4O2. The first kappa shape index (κ1) is 18.2. The number of rotatable bonds is 7. The lowest BCUT2D eigenvalue weighted by Crippen LogP contribution is -2.45. The molecule has 1 aliphatic rings. The Balaban J connectivity index is 1.80. The summed E-state index contributed by atoms with van der Waals surface area (Å²) in [5.74, 6) is -0.500. The normalized spacial score (nSPS) is 17.4. The zero-order valence-corrected chi connectivity index (χ0v) is 14.2. The van der Waals surface area contributed by atoms with Crippen LogP contribution in [0.5, 0.6) is 0 Å². The molecule has 1 aromatic rings. The van der Waals surface area contributed by atoms with Crippen LogP contribution < -0.4 is 15.5 Å². The van der Waals surface area contributed by atoms with E-state index in [4.69, 9.17) is 0 Å². The van der Waals surface area contributed by atoms with Crippen LogP contribution in [0.4, 0.5) is 14.9 Å². The Bertz CT molecular complexity index is 577. The van der Waals surface area contributed by atoms with E-state index in [1.807, 2.05) is 0 Å². The predicted molar refractivity (Wildman–Crippen MR) is 91.5 cm³/mol. The lowest BCUT2D eigenvalue weighted by atomic mass is 10.2. The van der Waals surface area contributed by atoms with E-state index in [0.717, 1.165) is 19.6 Å². The molecule has 2 N–H and O–H groups in total. The number of carbonyl (C=O) groups is 2. The first-order chi connectivity index (χ1) is 11.5. The van der Waals surface area contributed by atoms with Gasteiger partial charge in [-0.3, -0.25) is 4.79 Å². The van der Waals surface area contributed by atoms with E-state index in [9.17, 15) is 14.0 Å². The summed E-state index contributed by atoms with van der Waals surface area (Å²) < 4.78 is 13.3. The lowest BCUT2D eigenvalue weighted by molar-refractivity contribution is -0.117. The first-order valence-corrected chi connectivity index (χ1v) is 8.36. The Hall–Kier alpha value is -2.15. The molecule has 1 saturated heterocycles. The molecule has 2 rings (SSSR count). The maximum absolute atomic E-state index is 13.3. The highest BCUT2D eigenvalue weighted by Crippen LogP contribution is 2.22. The van der Waals surface area contributed by atoms with Crippen LogP contribution in [0.15, 0.2) is 24.3 Å². The summed E-state index contributed by atoms with van der Waals surface area (Å²) in [7, 11) is 0. The number of anilines is 1. The van der Waals surface area contributed by atoms with Crippen LogP contribution in [0.3, 0.4) is 0 Å². The highest BCUT2D eigenvalue weighted by Gasteiger charge is 2.31. The molecule has 7 heteroatoms. The molecule has 6 nitrogen and oxygen atoms in total. The Morgan fingerprint density at radius 2 is 2.12 bits per heavy atom. The van der Waals surface area contributed by atoms with Crippen molar-refractivity contribution in [3.05, 3.63) is 30.1 Å². The predicted octanol–water partition coefficient (Wildman–Crippen LogP) is 1.57. The minimum atomic E-state index is -0.383. The van der Waals surface area contributed by atoms with Crippen molar-refractivity contribution >= 4 is 17.6 Å². The maximum Gasteiger partial charge on any atom is 0.315 e. The number of hydrogen-bond acceptors (Lipinski definition) is 3. The quantitative estimate of drug-likeness (QED) is 0.794. The number of halogens is 1. The molecule has 1 aromatic carbocycles. The van der Waals surface area contributed by atoms with Crippen LogP contribution >= 0.6 is 0 Å². The second kappa shape index (κ2) is 8.63. The minimum absolute atomic E-state index is 0.117. The summed E-state index contributed by atoms with van der Waals surface area (Å²) in [5, 5.41) is 5.61. The summed E-state index contributed by atoms with van der Waals surface area (Å²) in [6.45, 7) is 7.75. The summed E-state index contributed by atoms with van der Waals surface area (Å²) in [5.41, 5.74) is 0.520. The van der Waals surface area contributed by atoms with Crippen molar-refractivity contribution in [2.75, 3.05) is 37.6 Å². The largest absolute Gasteiger partial charge is 0.337 e. The van der Waals surface area contributed by atoms with Crippen molar-refractivity contribution in [1.29, 1.82) is 0 Å². The molecule has 0 aromatic heterocycles.